The van der Waals surface area contributed by atoms with E-state index >= 15 is 0 Å². The maximum absolute atomic E-state index is 5.96. The van der Waals surface area contributed by atoms with Crippen molar-refractivity contribution < 1.29 is 24.5 Å². The van der Waals surface area contributed by atoms with E-state index in [2.05, 4.69) is 92.1 Å². The van der Waals surface area contributed by atoms with Gasteiger partial charge in [0.05, 0.1) is 13.7 Å². The molecule has 1 fully saturated rings. The smallest absolute Gasteiger partial charge is 0.216 e. The van der Waals surface area contributed by atoms with Crippen LogP contribution in [-0.4, -0.2) is 23.0 Å². The standard InChI is InChI=1S/C20H26NSi.C19H15N2O.Ir/c1-22(2,3)20-15-21-19(17-11-5-4-6-12-17)14-18(20)13-16-9-7-8-10-16;1-12(2)13-8-10-20-17(11-13)16-6-3-5-14-15-7-4-9-21-19(15)22-18(14)16;/h4-6,11,14-16H,7-10,13H2,1-3H3;3-5,7-12H,1-2H3;/q2*-1;. The van der Waals surface area contributed by atoms with Crippen LogP contribution in [0.1, 0.15) is 56.6 Å². The second kappa shape index (κ2) is 14.3. The van der Waals surface area contributed by atoms with Crippen LogP contribution in [0.15, 0.2) is 89.7 Å². The second-order valence-electron chi connectivity index (χ2n) is 13.3. The topological polar surface area (TPSA) is 51.8 Å². The molecule has 1 aliphatic carbocycles. The summed E-state index contributed by atoms with van der Waals surface area (Å²) in [5.74, 6) is 1.34. The SMILES string of the molecule is CC(C)c1ccnc(-c2[c-]ccc3c2oc2ncccc23)c1.C[Si](C)(C)c1cnc(-c2[c-]cccc2)cc1CC1CCCC1.[Ir]. The van der Waals surface area contributed by atoms with Gasteiger partial charge in [-0.3, -0.25) is 0 Å². The van der Waals surface area contributed by atoms with Crippen molar-refractivity contribution in [1.29, 1.82) is 0 Å². The first-order valence-corrected chi connectivity index (χ1v) is 19.4. The Kier molecular flexibility index (Phi) is 10.5. The predicted molar refractivity (Wildman–Crippen MR) is 185 cm³/mol. The fraction of sp³-hybridized carbons (Fsp3) is 0.308. The summed E-state index contributed by atoms with van der Waals surface area (Å²) in [4.78, 5) is 13.6. The van der Waals surface area contributed by atoms with E-state index in [4.69, 9.17) is 9.40 Å². The largest absolute Gasteiger partial charge is 0.486 e. The molecule has 4 nitrogen and oxygen atoms in total. The van der Waals surface area contributed by atoms with Gasteiger partial charge in [-0.15, -0.1) is 54.1 Å². The van der Waals surface area contributed by atoms with Gasteiger partial charge in [-0.05, 0) is 53.0 Å². The molecule has 45 heavy (non-hydrogen) atoms. The van der Waals surface area contributed by atoms with Gasteiger partial charge in [0.25, 0.3) is 0 Å². The van der Waals surface area contributed by atoms with Gasteiger partial charge in [0.1, 0.15) is 0 Å². The molecular weight excluding hydrogens is 747 g/mol. The normalized spacial score (nSPS) is 13.6. The Morgan fingerprint density at radius 1 is 0.844 bits per heavy atom. The third-order valence-electron chi connectivity index (χ3n) is 8.68. The Labute approximate surface area is 282 Å². The maximum atomic E-state index is 5.96. The molecular formula is C39H41IrN3OSi-2. The van der Waals surface area contributed by atoms with Crippen LogP contribution in [-0.2, 0) is 26.5 Å². The first-order valence-electron chi connectivity index (χ1n) is 15.9. The zero-order valence-corrected chi connectivity index (χ0v) is 30.3. The van der Waals surface area contributed by atoms with Crippen LogP contribution in [0, 0.1) is 18.1 Å². The molecule has 0 aliphatic heterocycles. The van der Waals surface area contributed by atoms with Gasteiger partial charge in [-0.25, -0.2) is 4.98 Å². The van der Waals surface area contributed by atoms with Crippen LogP contribution >= 0.6 is 0 Å². The summed E-state index contributed by atoms with van der Waals surface area (Å²) in [6.45, 7) is 11.6. The molecule has 2 aromatic carbocycles. The first-order chi connectivity index (χ1) is 21.3. The molecule has 1 saturated carbocycles. The van der Waals surface area contributed by atoms with Crippen LogP contribution in [0.5, 0.6) is 0 Å². The van der Waals surface area contributed by atoms with Crippen molar-refractivity contribution in [1.82, 2.24) is 15.0 Å². The van der Waals surface area contributed by atoms with Crippen LogP contribution in [0.25, 0.3) is 44.6 Å². The van der Waals surface area contributed by atoms with Crippen molar-refractivity contribution in [3.05, 3.63) is 109 Å². The van der Waals surface area contributed by atoms with Gasteiger partial charge in [0, 0.05) is 44.1 Å². The van der Waals surface area contributed by atoms with Crippen LogP contribution in [0.3, 0.4) is 0 Å². The molecule has 6 aromatic rings. The molecule has 7 rings (SSSR count). The van der Waals surface area contributed by atoms with E-state index in [1.165, 1.54) is 37.7 Å². The van der Waals surface area contributed by atoms with Crippen molar-refractivity contribution in [2.75, 3.05) is 0 Å². The number of furan rings is 1. The Morgan fingerprint density at radius 3 is 2.40 bits per heavy atom. The summed E-state index contributed by atoms with van der Waals surface area (Å²) < 4.78 is 5.96. The molecule has 1 aliphatic rings. The molecule has 6 heteroatoms. The quantitative estimate of drug-likeness (QED) is 0.125. The molecule has 0 atom stereocenters. The third kappa shape index (κ3) is 7.52. The van der Waals surface area contributed by atoms with Gasteiger partial charge in [0.15, 0.2) is 0 Å². The zero-order valence-electron chi connectivity index (χ0n) is 26.9. The Hall–Kier alpha value is -3.44. The van der Waals surface area contributed by atoms with Gasteiger partial charge >= 0.3 is 0 Å². The van der Waals surface area contributed by atoms with E-state index in [1.807, 2.05) is 42.6 Å². The van der Waals surface area contributed by atoms with Crippen molar-refractivity contribution in [3.63, 3.8) is 0 Å². The summed E-state index contributed by atoms with van der Waals surface area (Å²) in [5, 5.41) is 3.61. The molecule has 1 radical (unpaired) electrons. The van der Waals surface area contributed by atoms with E-state index in [1.54, 1.807) is 16.9 Å². The minimum Gasteiger partial charge on any atom is -0.486 e. The Morgan fingerprint density at radius 2 is 1.67 bits per heavy atom. The number of benzene rings is 2. The monoisotopic (exact) mass is 788 g/mol. The van der Waals surface area contributed by atoms with E-state index in [9.17, 15) is 0 Å². The van der Waals surface area contributed by atoms with Crippen molar-refractivity contribution in [2.24, 2.45) is 5.92 Å². The minimum atomic E-state index is -1.35. The molecule has 4 aromatic heterocycles. The number of nitrogens with zero attached hydrogens (tertiary/aromatic N) is 3. The summed E-state index contributed by atoms with van der Waals surface area (Å²) in [7, 11) is -1.35. The van der Waals surface area contributed by atoms with Crippen LogP contribution in [0.4, 0.5) is 0 Å². The molecule has 4 heterocycles. The average molecular weight is 788 g/mol. The number of hydrogen-bond acceptors (Lipinski definition) is 4. The average Bonchev–Trinajstić information content (AvgIpc) is 3.69. The van der Waals surface area contributed by atoms with Crippen LogP contribution < -0.4 is 5.19 Å². The zero-order chi connectivity index (χ0) is 30.7. The van der Waals surface area contributed by atoms with Crippen molar-refractivity contribution in [3.8, 4) is 22.5 Å². The Bertz CT molecular complexity index is 1870. The van der Waals surface area contributed by atoms with E-state index in [0.717, 1.165) is 44.8 Å². The molecule has 0 bridgehead atoms. The van der Waals surface area contributed by atoms with Crippen molar-refractivity contribution >= 4 is 35.3 Å². The first kappa shape index (κ1) is 32.9. The molecule has 0 spiro atoms. The number of fused-ring (bicyclic) bond motifs is 3. The number of aromatic nitrogens is 3. The fourth-order valence-electron chi connectivity index (χ4n) is 6.28. The van der Waals surface area contributed by atoms with Crippen molar-refractivity contribution in [2.45, 2.75) is 71.5 Å². The summed E-state index contributed by atoms with van der Waals surface area (Å²) >= 11 is 0. The molecule has 0 amide bonds. The third-order valence-corrected chi connectivity index (χ3v) is 10.7. The number of hydrogen-bond donors (Lipinski definition) is 0. The Balaban J connectivity index is 0.000000174. The van der Waals surface area contributed by atoms with Gasteiger partial charge in [0.2, 0.25) is 5.71 Å². The molecule has 0 unspecified atom stereocenters. The maximum Gasteiger partial charge on any atom is 0.216 e. The summed E-state index contributed by atoms with van der Waals surface area (Å²) in [6.07, 6.45) is 12.6. The van der Waals surface area contributed by atoms with E-state index in [0.29, 0.717) is 11.6 Å². The number of pyridine rings is 3. The number of rotatable bonds is 6. The summed E-state index contributed by atoms with van der Waals surface area (Å²) in [5.41, 5.74) is 8.21. The molecule has 0 saturated heterocycles. The predicted octanol–water partition coefficient (Wildman–Crippen LogP) is 9.79. The minimum absolute atomic E-state index is 0. The molecule has 0 N–H and O–H groups in total. The van der Waals surface area contributed by atoms with Gasteiger partial charge in [-0.1, -0.05) is 93.4 Å². The molecule has 233 valence electrons. The van der Waals surface area contributed by atoms with E-state index in [-0.39, 0.29) is 20.1 Å². The van der Waals surface area contributed by atoms with Gasteiger partial charge in [-0.2, -0.15) is 0 Å². The fourth-order valence-corrected chi connectivity index (χ4v) is 7.87. The van der Waals surface area contributed by atoms with Crippen LogP contribution in [0.2, 0.25) is 19.6 Å². The van der Waals surface area contributed by atoms with E-state index < -0.39 is 8.07 Å². The second-order valence-corrected chi connectivity index (χ2v) is 18.3. The summed E-state index contributed by atoms with van der Waals surface area (Å²) in [6, 6.07) is 29.1. The van der Waals surface area contributed by atoms with Gasteiger partial charge < -0.3 is 14.4 Å².